The molecule has 2 N–H and O–H groups in total. The van der Waals surface area contributed by atoms with Gasteiger partial charge in [0.05, 0.1) is 23.1 Å². The summed E-state index contributed by atoms with van der Waals surface area (Å²) in [6.45, 7) is 3.88. The Kier molecular flexibility index (Phi) is 6.24. The summed E-state index contributed by atoms with van der Waals surface area (Å²) >= 11 is 0. The molecule has 7 heteroatoms. The lowest BCUT2D eigenvalue weighted by atomic mass is 10.1. The number of nitrogens with zero attached hydrogens (tertiary/aromatic N) is 3. The zero-order valence-corrected chi connectivity index (χ0v) is 17.4. The van der Waals surface area contributed by atoms with Crippen molar-refractivity contribution in [1.82, 2.24) is 9.88 Å². The number of pyridine rings is 1. The minimum absolute atomic E-state index is 0.265. The van der Waals surface area contributed by atoms with Crippen molar-refractivity contribution >= 4 is 29.0 Å². The van der Waals surface area contributed by atoms with Crippen LogP contribution in [0.5, 0.6) is 0 Å². The first-order valence-electron chi connectivity index (χ1n) is 10.3. The number of anilines is 3. The van der Waals surface area contributed by atoms with E-state index in [0.29, 0.717) is 22.5 Å². The predicted molar refractivity (Wildman–Crippen MR) is 123 cm³/mol. The van der Waals surface area contributed by atoms with Crippen molar-refractivity contribution in [2.24, 2.45) is 0 Å². The number of para-hydroxylation sites is 1. The van der Waals surface area contributed by atoms with Crippen LogP contribution in [0.2, 0.25) is 0 Å². The van der Waals surface area contributed by atoms with E-state index in [1.807, 2.05) is 18.2 Å². The van der Waals surface area contributed by atoms with Gasteiger partial charge in [-0.15, -0.1) is 0 Å². The molecule has 0 spiro atoms. The molecule has 2 aromatic carbocycles. The summed E-state index contributed by atoms with van der Waals surface area (Å²) in [6.07, 6.45) is 1.66. The molecule has 1 fully saturated rings. The third-order valence-corrected chi connectivity index (χ3v) is 5.29. The predicted octanol–water partition coefficient (Wildman–Crippen LogP) is 3.34. The number of piperazine rings is 1. The molecule has 2 heterocycles. The summed E-state index contributed by atoms with van der Waals surface area (Å²) in [5.41, 5.74) is 1.97. The van der Waals surface area contributed by atoms with Gasteiger partial charge in [-0.05, 0) is 43.4 Å². The lowest BCUT2D eigenvalue weighted by Crippen LogP contribution is -2.44. The first-order chi connectivity index (χ1) is 15.1. The van der Waals surface area contributed by atoms with Gasteiger partial charge in [-0.3, -0.25) is 9.59 Å². The van der Waals surface area contributed by atoms with E-state index in [4.69, 9.17) is 0 Å². The largest absolute Gasteiger partial charge is 0.354 e. The van der Waals surface area contributed by atoms with Gasteiger partial charge in [-0.1, -0.05) is 30.3 Å². The highest BCUT2D eigenvalue weighted by molar-refractivity contribution is 6.12. The number of hydrogen-bond acceptors (Lipinski definition) is 5. The highest BCUT2D eigenvalue weighted by Crippen LogP contribution is 2.20. The minimum atomic E-state index is -0.307. The second-order valence-corrected chi connectivity index (χ2v) is 7.52. The summed E-state index contributed by atoms with van der Waals surface area (Å²) in [5.74, 6) is 0.332. The van der Waals surface area contributed by atoms with Crippen LogP contribution < -0.4 is 15.5 Å². The van der Waals surface area contributed by atoms with E-state index in [2.05, 4.69) is 32.5 Å². The molecular weight excluding hydrogens is 390 g/mol. The van der Waals surface area contributed by atoms with E-state index in [1.54, 1.807) is 54.7 Å². The molecule has 158 valence electrons. The highest BCUT2D eigenvalue weighted by Gasteiger charge is 2.17. The van der Waals surface area contributed by atoms with Crippen LogP contribution in [0.4, 0.5) is 17.2 Å². The molecule has 31 heavy (non-hydrogen) atoms. The van der Waals surface area contributed by atoms with Gasteiger partial charge in [0.2, 0.25) is 0 Å². The number of rotatable bonds is 5. The van der Waals surface area contributed by atoms with Crippen molar-refractivity contribution in [3.63, 3.8) is 0 Å². The van der Waals surface area contributed by atoms with Gasteiger partial charge in [-0.25, -0.2) is 4.98 Å². The van der Waals surface area contributed by atoms with Gasteiger partial charge in [0, 0.05) is 31.7 Å². The molecule has 7 nitrogen and oxygen atoms in total. The van der Waals surface area contributed by atoms with Crippen LogP contribution >= 0.6 is 0 Å². The second kappa shape index (κ2) is 9.40. The van der Waals surface area contributed by atoms with Crippen LogP contribution in [0.1, 0.15) is 20.7 Å². The third kappa shape index (κ3) is 5.07. The molecule has 0 atom stereocenters. The van der Waals surface area contributed by atoms with Crippen molar-refractivity contribution in [2.45, 2.75) is 0 Å². The van der Waals surface area contributed by atoms with Crippen LogP contribution in [0.25, 0.3) is 0 Å². The fourth-order valence-corrected chi connectivity index (χ4v) is 3.46. The topological polar surface area (TPSA) is 77.6 Å². The molecule has 0 saturated carbocycles. The molecule has 2 amide bonds. The smallest absolute Gasteiger partial charge is 0.257 e. The Morgan fingerprint density at radius 2 is 1.52 bits per heavy atom. The molecule has 0 aliphatic carbocycles. The molecular formula is C24H25N5O2. The summed E-state index contributed by atoms with van der Waals surface area (Å²) in [6, 6.07) is 19.6. The third-order valence-electron chi connectivity index (χ3n) is 5.29. The van der Waals surface area contributed by atoms with E-state index in [0.717, 1.165) is 32.0 Å². The molecule has 1 aliphatic rings. The molecule has 0 radical (unpaired) electrons. The maximum atomic E-state index is 12.9. The van der Waals surface area contributed by atoms with Crippen LogP contribution in [0.3, 0.4) is 0 Å². The normalized spacial score (nSPS) is 14.2. The summed E-state index contributed by atoms with van der Waals surface area (Å²) < 4.78 is 0. The summed E-state index contributed by atoms with van der Waals surface area (Å²) in [4.78, 5) is 34.4. The zero-order valence-electron chi connectivity index (χ0n) is 17.4. The first-order valence-corrected chi connectivity index (χ1v) is 10.3. The van der Waals surface area contributed by atoms with Crippen LogP contribution in [0.15, 0.2) is 72.9 Å². The quantitative estimate of drug-likeness (QED) is 0.668. The molecule has 0 bridgehead atoms. The number of benzene rings is 2. The van der Waals surface area contributed by atoms with Crippen LogP contribution in [-0.4, -0.2) is 54.9 Å². The average Bonchev–Trinajstić information content (AvgIpc) is 2.81. The maximum absolute atomic E-state index is 12.9. The molecule has 0 unspecified atom stereocenters. The lowest BCUT2D eigenvalue weighted by molar-refractivity contribution is 0.102. The minimum Gasteiger partial charge on any atom is -0.354 e. The molecule has 3 aromatic rings. The lowest BCUT2D eigenvalue weighted by Gasteiger charge is -2.33. The van der Waals surface area contributed by atoms with Crippen molar-refractivity contribution in [2.75, 3.05) is 48.8 Å². The number of likely N-dealkylation sites (N-methyl/N-ethyl adjacent to an activating group) is 1. The first kappa shape index (κ1) is 20.6. The van der Waals surface area contributed by atoms with Crippen molar-refractivity contribution in [3.8, 4) is 0 Å². The Balaban J connectivity index is 1.43. The zero-order chi connectivity index (χ0) is 21.6. The Labute approximate surface area is 181 Å². The van der Waals surface area contributed by atoms with Gasteiger partial charge < -0.3 is 20.4 Å². The molecule has 1 aromatic heterocycles. The van der Waals surface area contributed by atoms with E-state index in [9.17, 15) is 9.59 Å². The van der Waals surface area contributed by atoms with E-state index in [1.165, 1.54) is 0 Å². The number of nitrogens with one attached hydrogen (secondary N) is 2. The number of aromatic nitrogens is 1. The van der Waals surface area contributed by atoms with E-state index >= 15 is 0 Å². The molecule has 1 aliphatic heterocycles. The number of amides is 2. The van der Waals surface area contributed by atoms with Crippen LogP contribution in [-0.2, 0) is 0 Å². The van der Waals surface area contributed by atoms with Crippen molar-refractivity contribution < 1.29 is 9.59 Å². The Morgan fingerprint density at radius 1 is 0.806 bits per heavy atom. The van der Waals surface area contributed by atoms with Gasteiger partial charge in [0.15, 0.2) is 0 Å². The Hall–Kier alpha value is -3.71. The Bertz CT molecular complexity index is 1050. The van der Waals surface area contributed by atoms with Gasteiger partial charge in [-0.2, -0.15) is 0 Å². The summed E-state index contributed by atoms with van der Waals surface area (Å²) in [7, 11) is 2.11. The summed E-state index contributed by atoms with van der Waals surface area (Å²) in [5, 5.41) is 5.69. The monoisotopic (exact) mass is 415 g/mol. The van der Waals surface area contributed by atoms with Crippen molar-refractivity contribution in [1.29, 1.82) is 0 Å². The van der Waals surface area contributed by atoms with Gasteiger partial charge in [0.25, 0.3) is 11.8 Å². The SMILES string of the molecule is CN1CCN(c2ccc(NC(=O)c3ccccc3NC(=O)c3ccccc3)cn2)CC1. The van der Waals surface area contributed by atoms with Crippen molar-refractivity contribution in [3.05, 3.63) is 84.1 Å². The highest BCUT2D eigenvalue weighted by atomic mass is 16.2. The second-order valence-electron chi connectivity index (χ2n) is 7.52. The fraction of sp³-hybridized carbons (Fsp3) is 0.208. The number of carbonyl (C=O) groups excluding carboxylic acids is 2. The molecule has 4 rings (SSSR count). The van der Waals surface area contributed by atoms with E-state index < -0.39 is 0 Å². The average molecular weight is 415 g/mol. The fourth-order valence-electron chi connectivity index (χ4n) is 3.46. The molecule has 1 saturated heterocycles. The Morgan fingerprint density at radius 3 is 2.23 bits per heavy atom. The van der Waals surface area contributed by atoms with E-state index in [-0.39, 0.29) is 11.8 Å². The van der Waals surface area contributed by atoms with Gasteiger partial charge in [0.1, 0.15) is 5.82 Å². The maximum Gasteiger partial charge on any atom is 0.257 e. The number of carbonyl (C=O) groups is 2. The standard InChI is InChI=1S/C24H25N5O2/c1-28-13-15-29(16-14-28)22-12-11-19(17-25-22)26-24(31)20-9-5-6-10-21(20)27-23(30)18-7-3-2-4-8-18/h2-12,17H,13-16H2,1H3,(H,26,31)(H,27,30). The van der Waals surface area contributed by atoms with Crippen LogP contribution in [0, 0.1) is 0 Å². The van der Waals surface area contributed by atoms with Gasteiger partial charge >= 0.3 is 0 Å². The number of hydrogen-bond donors (Lipinski definition) is 2.